The minimum Gasteiger partial charge on any atom is -0.456 e. The number of rotatable bonds is 4. The first-order valence-electron chi connectivity index (χ1n) is 18.0. The Morgan fingerprint density at radius 1 is 0.434 bits per heavy atom. The lowest BCUT2D eigenvalue weighted by atomic mass is 9.95. The lowest BCUT2D eigenvalue weighted by Gasteiger charge is -2.25. The van der Waals surface area contributed by atoms with Crippen molar-refractivity contribution in [3.63, 3.8) is 0 Å². The number of aliphatic imine (C=N–C) groups is 2. The monoisotopic (exact) mass is 677 g/mol. The summed E-state index contributed by atoms with van der Waals surface area (Å²) >= 11 is 0. The molecule has 0 radical (unpaired) electrons. The van der Waals surface area contributed by atoms with Crippen LogP contribution in [0.2, 0.25) is 0 Å². The first-order valence-corrected chi connectivity index (χ1v) is 18.0. The highest BCUT2D eigenvalue weighted by Gasteiger charge is 2.25. The predicted molar refractivity (Wildman–Crippen MR) is 221 cm³/mol. The predicted octanol–water partition coefficient (Wildman–Crippen LogP) is 12.4. The van der Waals surface area contributed by atoms with Crippen molar-refractivity contribution in [3.8, 4) is 11.1 Å². The Morgan fingerprint density at radius 3 is 2.00 bits per heavy atom. The SMILES string of the molecule is c1ccc2cc(C3=NC(c4cccc5oc6ccc(-c7cccc8ccccc78)cc6c45)=NC(c4cc5ccccc5c5ccccc45)N3)ccc2c1. The largest absolute Gasteiger partial charge is 0.456 e. The van der Waals surface area contributed by atoms with Gasteiger partial charge in [0, 0.05) is 27.5 Å². The smallest absolute Gasteiger partial charge is 0.160 e. The van der Waals surface area contributed by atoms with E-state index in [4.69, 9.17) is 14.4 Å². The van der Waals surface area contributed by atoms with Crippen LogP contribution in [-0.4, -0.2) is 11.7 Å². The van der Waals surface area contributed by atoms with Gasteiger partial charge in [-0.2, -0.15) is 0 Å². The van der Waals surface area contributed by atoms with Gasteiger partial charge in [0.15, 0.2) is 5.84 Å². The van der Waals surface area contributed by atoms with Gasteiger partial charge in [0.05, 0.1) is 0 Å². The van der Waals surface area contributed by atoms with Gasteiger partial charge in [0.2, 0.25) is 0 Å². The number of amidine groups is 2. The molecule has 0 aliphatic carbocycles. The second-order valence-electron chi connectivity index (χ2n) is 13.8. The van der Waals surface area contributed by atoms with Crippen LogP contribution >= 0.6 is 0 Å². The van der Waals surface area contributed by atoms with Gasteiger partial charge in [0.25, 0.3) is 0 Å². The molecule has 4 heteroatoms. The minimum absolute atomic E-state index is 0.391. The Labute approximate surface area is 305 Å². The van der Waals surface area contributed by atoms with E-state index in [1.165, 1.54) is 43.3 Å². The minimum atomic E-state index is -0.391. The van der Waals surface area contributed by atoms with Crippen LogP contribution in [0.25, 0.3) is 76.2 Å². The zero-order valence-corrected chi connectivity index (χ0v) is 28.6. The number of benzene rings is 9. The van der Waals surface area contributed by atoms with Crippen molar-refractivity contribution in [2.75, 3.05) is 0 Å². The van der Waals surface area contributed by atoms with Crippen LogP contribution in [0.4, 0.5) is 0 Å². The summed E-state index contributed by atoms with van der Waals surface area (Å²) in [5.74, 6) is 1.45. The van der Waals surface area contributed by atoms with Crippen molar-refractivity contribution >= 4 is 76.7 Å². The lowest BCUT2D eigenvalue weighted by Crippen LogP contribution is -2.33. The van der Waals surface area contributed by atoms with Gasteiger partial charge >= 0.3 is 0 Å². The molecule has 4 nitrogen and oxygen atoms in total. The van der Waals surface area contributed by atoms with E-state index in [0.29, 0.717) is 5.84 Å². The average molecular weight is 678 g/mol. The summed E-state index contributed by atoms with van der Waals surface area (Å²) in [5.41, 5.74) is 7.02. The summed E-state index contributed by atoms with van der Waals surface area (Å²) in [7, 11) is 0. The van der Waals surface area contributed by atoms with Gasteiger partial charge in [-0.25, -0.2) is 9.98 Å². The molecule has 53 heavy (non-hydrogen) atoms. The molecule has 9 aromatic carbocycles. The van der Waals surface area contributed by atoms with Crippen molar-refractivity contribution in [1.29, 1.82) is 0 Å². The molecule has 10 aromatic rings. The van der Waals surface area contributed by atoms with Gasteiger partial charge in [-0.05, 0) is 84.5 Å². The third kappa shape index (κ3) is 4.84. The molecule has 0 spiro atoms. The van der Waals surface area contributed by atoms with E-state index in [1.807, 2.05) is 12.1 Å². The van der Waals surface area contributed by atoms with E-state index in [0.717, 1.165) is 55.4 Å². The van der Waals surface area contributed by atoms with Crippen molar-refractivity contribution in [2.24, 2.45) is 9.98 Å². The molecule has 11 rings (SSSR count). The van der Waals surface area contributed by atoms with Crippen LogP contribution < -0.4 is 5.32 Å². The molecule has 0 saturated heterocycles. The van der Waals surface area contributed by atoms with Crippen LogP contribution in [0.3, 0.4) is 0 Å². The molecule has 1 aliphatic heterocycles. The zero-order chi connectivity index (χ0) is 34.9. The molecule has 1 unspecified atom stereocenters. The van der Waals surface area contributed by atoms with Crippen LogP contribution in [0.1, 0.15) is 22.9 Å². The second kappa shape index (κ2) is 11.8. The fraction of sp³-hybridized carbons (Fsp3) is 0.0204. The highest BCUT2D eigenvalue weighted by molar-refractivity contribution is 6.23. The van der Waals surface area contributed by atoms with Gasteiger partial charge in [-0.3, -0.25) is 0 Å². The Bertz CT molecular complexity index is 3160. The number of hydrogen-bond acceptors (Lipinski definition) is 4. The molecular formula is C49H31N3O. The fourth-order valence-corrected chi connectivity index (χ4v) is 8.18. The molecule has 2 heterocycles. The van der Waals surface area contributed by atoms with Gasteiger partial charge in [-0.15, -0.1) is 0 Å². The highest BCUT2D eigenvalue weighted by atomic mass is 16.3. The maximum absolute atomic E-state index is 6.52. The van der Waals surface area contributed by atoms with Crippen LogP contribution in [-0.2, 0) is 0 Å². The summed E-state index contributed by atoms with van der Waals surface area (Å²) in [6.45, 7) is 0. The second-order valence-corrected chi connectivity index (χ2v) is 13.8. The zero-order valence-electron chi connectivity index (χ0n) is 28.6. The third-order valence-corrected chi connectivity index (χ3v) is 10.7. The molecule has 0 fully saturated rings. The first-order chi connectivity index (χ1) is 26.2. The van der Waals surface area contributed by atoms with Crippen LogP contribution in [0.5, 0.6) is 0 Å². The summed E-state index contributed by atoms with van der Waals surface area (Å²) in [4.78, 5) is 10.8. The van der Waals surface area contributed by atoms with E-state index in [-0.39, 0.29) is 0 Å². The van der Waals surface area contributed by atoms with Crippen molar-refractivity contribution in [1.82, 2.24) is 5.32 Å². The highest BCUT2D eigenvalue weighted by Crippen LogP contribution is 2.39. The van der Waals surface area contributed by atoms with E-state index in [2.05, 4.69) is 169 Å². The van der Waals surface area contributed by atoms with Crippen molar-refractivity contribution in [3.05, 3.63) is 193 Å². The topological polar surface area (TPSA) is 49.9 Å². The van der Waals surface area contributed by atoms with E-state index in [9.17, 15) is 0 Å². The Balaban J connectivity index is 1.15. The summed E-state index contributed by atoms with van der Waals surface area (Å²) in [6, 6.07) is 62.2. The molecule has 1 atom stereocenters. The van der Waals surface area contributed by atoms with E-state index in [1.54, 1.807) is 0 Å². The molecule has 248 valence electrons. The Morgan fingerprint density at radius 2 is 1.11 bits per heavy atom. The molecule has 1 aliphatic rings. The maximum atomic E-state index is 6.52. The molecule has 1 N–H and O–H groups in total. The molecule has 0 amide bonds. The number of nitrogens with one attached hydrogen (secondary N) is 1. The van der Waals surface area contributed by atoms with Crippen LogP contribution in [0, 0.1) is 0 Å². The number of hydrogen-bond donors (Lipinski definition) is 1. The normalized spacial score (nSPS) is 14.6. The summed E-state index contributed by atoms with van der Waals surface area (Å²) in [5, 5.41) is 15.4. The molecule has 1 aromatic heterocycles. The Hall–Kier alpha value is -7.04. The standard InChI is InChI=1S/C49H31N3O/c1-2-13-32-27-35(24-23-30(32)11-1)47-50-48(52-49(51-47)42-28-33-14-4-6-17-38(33)39-18-7-8-19-40(39)42)41-21-10-22-45-46(41)43-29-34(25-26-44(43)53-45)37-20-9-15-31-12-3-5-16-36(31)37/h1-29,49H,(H,50,51,52). The quantitative estimate of drug-likeness (QED) is 0.189. The van der Waals surface area contributed by atoms with Crippen molar-refractivity contribution < 1.29 is 4.42 Å². The fourth-order valence-electron chi connectivity index (χ4n) is 8.18. The van der Waals surface area contributed by atoms with Crippen LogP contribution in [0.15, 0.2) is 190 Å². The lowest BCUT2D eigenvalue weighted by molar-refractivity contribution is 0.668. The number of furan rings is 1. The molecular weight excluding hydrogens is 647 g/mol. The number of nitrogens with zero attached hydrogens (tertiary/aromatic N) is 2. The third-order valence-electron chi connectivity index (χ3n) is 10.7. The number of fused-ring (bicyclic) bond motifs is 8. The van der Waals surface area contributed by atoms with Gasteiger partial charge < -0.3 is 9.73 Å². The van der Waals surface area contributed by atoms with Gasteiger partial charge in [-0.1, -0.05) is 146 Å². The van der Waals surface area contributed by atoms with E-state index >= 15 is 0 Å². The molecule has 0 saturated carbocycles. The maximum Gasteiger partial charge on any atom is 0.160 e. The van der Waals surface area contributed by atoms with E-state index < -0.39 is 6.17 Å². The van der Waals surface area contributed by atoms with Gasteiger partial charge in [0.1, 0.15) is 23.2 Å². The summed E-state index contributed by atoms with van der Waals surface area (Å²) < 4.78 is 6.52. The molecule has 0 bridgehead atoms. The average Bonchev–Trinajstić information content (AvgIpc) is 3.61. The summed E-state index contributed by atoms with van der Waals surface area (Å²) in [6.07, 6.45) is -0.391. The van der Waals surface area contributed by atoms with Crippen molar-refractivity contribution in [2.45, 2.75) is 6.17 Å². The first kappa shape index (κ1) is 29.7. The Kier molecular flexibility index (Phi) is 6.58.